The third-order valence-electron chi connectivity index (χ3n) is 1.28. The van der Waals surface area contributed by atoms with E-state index in [4.69, 9.17) is 0 Å². The largest absolute Gasteiger partial charge is 0.162 e. The maximum Gasteiger partial charge on any atom is 0.00237 e. The van der Waals surface area contributed by atoms with E-state index in [1.54, 1.807) is 0 Å². The number of rotatable bonds is 5. The molecule has 0 rings (SSSR count). The first-order valence-corrected chi connectivity index (χ1v) is 5.86. The summed E-state index contributed by atoms with van der Waals surface area (Å²) in [6.45, 7) is 4.51. The van der Waals surface area contributed by atoms with Crippen LogP contribution in [0.4, 0.5) is 0 Å². The Morgan fingerprint density at radius 1 is 1.44 bits per heavy atom. The Kier molecular flexibility index (Phi) is 7.34. The number of hydrogen-bond acceptors (Lipinski definition) is 2. The van der Waals surface area contributed by atoms with Gasteiger partial charge in [-0.25, -0.2) is 0 Å². The molecule has 1 unspecified atom stereocenters. The molecule has 0 aromatic carbocycles. The van der Waals surface area contributed by atoms with Crippen molar-refractivity contribution in [3.63, 3.8) is 0 Å². The number of thioether (sulfide) groups is 2. The third kappa shape index (κ3) is 6.59. The molecule has 1 atom stereocenters. The van der Waals surface area contributed by atoms with E-state index in [0.29, 0.717) is 0 Å². The van der Waals surface area contributed by atoms with Crippen LogP contribution in [0.3, 0.4) is 0 Å². The molecule has 56 valence electrons. The molecule has 0 saturated carbocycles. The Hall–Kier alpha value is 0.700. The first-order valence-electron chi connectivity index (χ1n) is 3.41. The van der Waals surface area contributed by atoms with Gasteiger partial charge in [-0.15, -0.1) is 0 Å². The Morgan fingerprint density at radius 3 is 2.56 bits per heavy atom. The Balaban J connectivity index is 2.88. The van der Waals surface area contributed by atoms with E-state index in [0.717, 1.165) is 5.25 Å². The van der Waals surface area contributed by atoms with Crippen LogP contribution in [0.2, 0.25) is 0 Å². The van der Waals surface area contributed by atoms with Gasteiger partial charge in [-0.2, -0.15) is 23.5 Å². The standard InChI is InChI=1S/C7H16S2/c1-4-9-6-5-7(2)8-3/h7H,4-6H2,1-3H3. The molecule has 0 amide bonds. The molecule has 0 aliphatic heterocycles. The van der Waals surface area contributed by atoms with Gasteiger partial charge in [0.25, 0.3) is 0 Å². The van der Waals surface area contributed by atoms with E-state index in [1.165, 1.54) is 17.9 Å². The molecule has 0 aromatic heterocycles. The predicted molar refractivity (Wildman–Crippen MR) is 50.6 cm³/mol. The second-order valence-corrected chi connectivity index (χ2v) is 4.70. The molecule has 0 aliphatic rings. The lowest BCUT2D eigenvalue weighted by Gasteiger charge is -2.05. The van der Waals surface area contributed by atoms with E-state index in [9.17, 15) is 0 Å². The van der Waals surface area contributed by atoms with E-state index in [1.807, 2.05) is 23.5 Å². The fraction of sp³-hybridized carbons (Fsp3) is 1.00. The highest BCUT2D eigenvalue weighted by Gasteiger charge is 1.96. The summed E-state index contributed by atoms with van der Waals surface area (Å²) in [6.07, 6.45) is 3.54. The van der Waals surface area contributed by atoms with Gasteiger partial charge in [-0.3, -0.25) is 0 Å². The second kappa shape index (κ2) is 6.81. The Morgan fingerprint density at radius 2 is 2.11 bits per heavy atom. The second-order valence-electron chi connectivity index (χ2n) is 2.03. The lowest BCUT2D eigenvalue weighted by atomic mass is 10.4. The lowest BCUT2D eigenvalue weighted by molar-refractivity contribution is 0.920. The smallest absolute Gasteiger partial charge is 0.00237 e. The molecular weight excluding hydrogens is 148 g/mol. The van der Waals surface area contributed by atoms with Crippen molar-refractivity contribution in [3.05, 3.63) is 0 Å². The fourth-order valence-corrected chi connectivity index (χ4v) is 1.82. The zero-order valence-corrected chi connectivity index (χ0v) is 8.15. The zero-order valence-electron chi connectivity index (χ0n) is 6.52. The molecule has 0 aromatic rings. The van der Waals surface area contributed by atoms with E-state index in [2.05, 4.69) is 20.1 Å². The van der Waals surface area contributed by atoms with Crippen LogP contribution in [0, 0.1) is 0 Å². The van der Waals surface area contributed by atoms with Gasteiger partial charge in [0.1, 0.15) is 0 Å². The van der Waals surface area contributed by atoms with Crippen LogP contribution in [-0.4, -0.2) is 23.0 Å². The van der Waals surface area contributed by atoms with Crippen LogP contribution >= 0.6 is 23.5 Å². The van der Waals surface area contributed by atoms with Gasteiger partial charge >= 0.3 is 0 Å². The topological polar surface area (TPSA) is 0 Å². The van der Waals surface area contributed by atoms with E-state index in [-0.39, 0.29) is 0 Å². The third-order valence-corrected chi connectivity index (χ3v) is 3.25. The van der Waals surface area contributed by atoms with Gasteiger partial charge in [-0.05, 0) is 24.2 Å². The van der Waals surface area contributed by atoms with Crippen LogP contribution in [0.5, 0.6) is 0 Å². The van der Waals surface area contributed by atoms with Gasteiger partial charge < -0.3 is 0 Å². The summed E-state index contributed by atoms with van der Waals surface area (Å²) >= 11 is 4.00. The highest BCUT2D eigenvalue weighted by molar-refractivity contribution is 8.00. The van der Waals surface area contributed by atoms with Gasteiger partial charge in [0.2, 0.25) is 0 Å². The normalized spacial score (nSPS) is 13.7. The van der Waals surface area contributed by atoms with Crippen LogP contribution < -0.4 is 0 Å². The molecular formula is C7H16S2. The zero-order chi connectivity index (χ0) is 7.11. The minimum Gasteiger partial charge on any atom is -0.162 e. The average molecular weight is 164 g/mol. The minimum absolute atomic E-state index is 0.851. The SMILES string of the molecule is CCSCCC(C)SC. The maximum absolute atomic E-state index is 2.29. The molecule has 0 radical (unpaired) electrons. The summed E-state index contributed by atoms with van der Waals surface area (Å²) in [4.78, 5) is 0. The molecule has 0 N–H and O–H groups in total. The summed E-state index contributed by atoms with van der Waals surface area (Å²) < 4.78 is 0. The monoisotopic (exact) mass is 164 g/mol. The van der Waals surface area contributed by atoms with Crippen molar-refractivity contribution in [3.8, 4) is 0 Å². The van der Waals surface area contributed by atoms with E-state index < -0.39 is 0 Å². The Bertz CT molecular complexity index is 54.9. The van der Waals surface area contributed by atoms with Crippen LogP contribution in [0.1, 0.15) is 20.3 Å². The van der Waals surface area contributed by atoms with Gasteiger partial charge in [-0.1, -0.05) is 13.8 Å². The van der Waals surface area contributed by atoms with Crippen molar-refractivity contribution in [2.24, 2.45) is 0 Å². The van der Waals surface area contributed by atoms with Crippen molar-refractivity contribution in [2.45, 2.75) is 25.5 Å². The van der Waals surface area contributed by atoms with Crippen molar-refractivity contribution in [1.29, 1.82) is 0 Å². The molecule has 0 nitrogen and oxygen atoms in total. The quantitative estimate of drug-likeness (QED) is 0.573. The first-order chi connectivity index (χ1) is 4.31. The molecule has 0 heterocycles. The van der Waals surface area contributed by atoms with Crippen molar-refractivity contribution < 1.29 is 0 Å². The molecule has 0 saturated heterocycles. The molecule has 2 heteroatoms. The number of hydrogen-bond donors (Lipinski definition) is 0. The van der Waals surface area contributed by atoms with Gasteiger partial charge in [0.05, 0.1) is 0 Å². The average Bonchev–Trinajstić information content (AvgIpc) is 1.89. The fourth-order valence-electron chi connectivity index (χ4n) is 0.511. The summed E-state index contributed by atoms with van der Waals surface area (Å²) in [5, 5.41) is 0.851. The summed E-state index contributed by atoms with van der Waals surface area (Å²) in [6, 6.07) is 0. The molecule has 0 fully saturated rings. The minimum atomic E-state index is 0.851. The van der Waals surface area contributed by atoms with Crippen LogP contribution in [-0.2, 0) is 0 Å². The Labute approximate surface area is 67.2 Å². The summed E-state index contributed by atoms with van der Waals surface area (Å²) in [5.41, 5.74) is 0. The highest BCUT2D eigenvalue weighted by Crippen LogP contribution is 2.12. The van der Waals surface area contributed by atoms with Crippen LogP contribution in [0.25, 0.3) is 0 Å². The van der Waals surface area contributed by atoms with Gasteiger partial charge in [0.15, 0.2) is 0 Å². The summed E-state index contributed by atoms with van der Waals surface area (Å²) in [5.74, 6) is 2.60. The first kappa shape index (κ1) is 9.70. The summed E-state index contributed by atoms with van der Waals surface area (Å²) in [7, 11) is 0. The highest BCUT2D eigenvalue weighted by atomic mass is 32.2. The molecule has 0 aliphatic carbocycles. The van der Waals surface area contributed by atoms with Crippen LogP contribution in [0.15, 0.2) is 0 Å². The maximum atomic E-state index is 2.29. The molecule has 0 bridgehead atoms. The van der Waals surface area contributed by atoms with Gasteiger partial charge in [0, 0.05) is 5.25 Å². The van der Waals surface area contributed by atoms with Crippen molar-refractivity contribution in [2.75, 3.05) is 17.8 Å². The lowest BCUT2D eigenvalue weighted by Crippen LogP contribution is -1.96. The van der Waals surface area contributed by atoms with E-state index >= 15 is 0 Å². The molecule has 0 spiro atoms. The van der Waals surface area contributed by atoms with Crippen molar-refractivity contribution in [1.82, 2.24) is 0 Å². The molecule has 9 heavy (non-hydrogen) atoms. The van der Waals surface area contributed by atoms with Crippen molar-refractivity contribution >= 4 is 23.5 Å². The predicted octanol–water partition coefficient (Wildman–Crippen LogP) is 2.88.